The van der Waals surface area contributed by atoms with Gasteiger partial charge in [-0.2, -0.15) is 9.97 Å². The molecule has 15 heteroatoms. The van der Waals surface area contributed by atoms with Gasteiger partial charge >= 0.3 is 12.0 Å². The van der Waals surface area contributed by atoms with Gasteiger partial charge in [-0.05, 0) is 63.9 Å². The Morgan fingerprint density at radius 2 is 1.91 bits per heavy atom. The minimum atomic E-state index is -0.382. The summed E-state index contributed by atoms with van der Waals surface area (Å²) < 4.78 is 13.7. The van der Waals surface area contributed by atoms with Gasteiger partial charge in [-0.15, -0.1) is 0 Å². The van der Waals surface area contributed by atoms with E-state index in [0.717, 1.165) is 29.0 Å². The van der Waals surface area contributed by atoms with Gasteiger partial charge in [0.15, 0.2) is 5.65 Å². The first-order valence-electron chi connectivity index (χ1n) is 15.6. The molecule has 244 valence electrons. The summed E-state index contributed by atoms with van der Waals surface area (Å²) in [6.07, 6.45) is 8.38. The number of imide groups is 1. The van der Waals surface area contributed by atoms with Gasteiger partial charge in [0.1, 0.15) is 31.4 Å². The highest BCUT2D eigenvalue weighted by atomic mass is 16.5. The zero-order valence-corrected chi connectivity index (χ0v) is 26.7. The second-order valence-electron chi connectivity index (χ2n) is 12.5. The first-order chi connectivity index (χ1) is 22.6. The van der Waals surface area contributed by atoms with E-state index in [4.69, 9.17) is 14.5 Å². The molecule has 4 aromatic rings. The molecule has 3 aliphatic rings. The fourth-order valence-corrected chi connectivity index (χ4v) is 5.56. The van der Waals surface area contributed by atoms with Crippen molar-refractivity contribution in [3.05, 3.63) is 59.6 Å². The standard InChI is InChI=1S/C32H36N10O5/c1-18-7-8-33-28(34-18)22-12-23(22)30(44)36-25-13-26(38-31(37-25)46-10-9-39(2)3)47-17-21-15-41-14-20(19-5-6-19)11-24(29(41)35-21)42-16-27(43)40(4)32(42)45/h7-8,11,13-15,19,22-23H,5-6,9-10,12,16-17H2,1-4H3,(H,36,37,38,44)/t22-,23-/m0/s1. The summed E-state index contributed by atoms with van der Waals surface area (Å²) in [6, 6.07) is 5.02. The van der Waals surface area contributed by atoms with Crippen LogP contribution < -0.4 is 19.7 Å². The second kappa shape index (κ2) is 12.2. The van der Waals surface area contributed by atoms with Gasteiger partial charge in [0.2, 0.25) is 17.7 Å². The molecule has 2 atom stereocenters. The monoisotopic (exact) mass is 640 g/mol. The molecule has 2 aliphatic carbocycles. The molecule has 0 unspecified atom stereocenters. The number of imidazole rings is 1. The lowest BCUT2D eigenvalue weighted by atomic mass is 10.1. The molecular weight excluding hydrogens is 604 g/mol. The second-order valence-corrected chi connectivity index (χ2v) is 12.5. The number of carbonyl (C=O) groups excluding carboxylic acids is 3. The number of rotatable bonds is 12. The van der Waals surface area contributed by atoms with E-state index in [9.17, 15) is 14.4 Å². The Labute approximate surface area is 270 Å². The van der Waals surface area contributed by atoms with Crippen LogP contribution in [-0.2, 0) is 16.2 Å². The van der Waals surface area contributed by atoms with Crippen LogP contribution in [0, 0.1) is 12.8 Å². The van der Waals surface area contributed by atoms with E-state index < -0.39 is 0 Å². The van der Waals surface area contributed by atoms with E-state index in [1.165, 1.54) is 11.9 Å². The Bertz CT molecular complexity index is 1870. The maximum Gasteiger partial charge on any atom is 0.331 e. The van der Waals surface area contributed by atoms with E-state index in [2.05, 4.69) is 25.3 Å². The molecule has 2 saturated carbocycles. The van der Waals surface area contributed by atoms with Crippen LogP contribution in [0.3, 0.4) is 0 Å². The molecule has 0 bridgehead atoms. The highest BCUT2D eigenvalue weighted by molar-refractivity contribution is 6.13. The Hall–Kier alpha value is -5.18. The van der Waals surface area contributed by atoms with Gasteiger partial charge in [-0.25, -0.2) is 19.7 Å². The molecular formula is C32H36N10O5. The van der Waals surface area contributed by atoms with E-state index in [1.54, 1.807) is 12.3 Å². The quantitative estimate of drug-likeness (QED) is 0.227. The zero-order valence-electron chi connectivity index (χ0n) is 26.7. The first-order valence-corrected chi connectivity index (χ1v) is 15.6. The maximum absolute atomic E-state index is 13.2. The number of carbonyl (C=O) groups is 3. The summed E-state index contributed by atoms with van der Waals surface area (Å²) in [5.41, 5.74) is 3.67. The van der Waals surface area contributed by atoms with E-state index in [-0.39, 0.29) is 60.5 Å². The predicted molar refractivity (Wildman–Crippen MR) is 169 cm³/mol. The summed E-state index contributed by atoms with van der Waals surface area (Å²) in [7, 11) is 5.35. The number of urea groups is 1. The van der Waals surface area contributed by atoms with Crippen molar-refractivity contribution in [2.75, 3.05) is 51.1 Å². The molecule has 4 amide bonds. The summed E-state index contributed by atoms with van der Waals surface area (Å²) in [4.78, 5) is 65.3. The molecule has 15 nitrogen and oxygen atoms in total. The minimum absolute atomic E-state index is 0.0382. The lowest BCUT2D eigenvalue weighted by Gasteiger charge is -2.17. The van der Waals surface area contributed by atoms with Crippen molar-refractivity contribution in [2.45, 2.75) is 44.6 Å². The van der Waals surface area contributed by atoms with Gasteiger partial charge in [0, 0.05) is 55.8 Å². The number of likely N-dealkylation sites (N-methyl/N-ethyl adjacent to an activating group) is 2. The molecule has 1 N–H and O–H groups in total. The lowest BCUT2D eigenvalue weighted by Crippen LogP contribution is -2.30. The maximum atomic E-state index is 13.2. The number of ether oxygens (including phenoxy) is 2. The van der Waals surface area contributed by atoms with Crippen LogP contribution in [-0.4, -0.2) is 97.8 Å². The smallest absolute Gasteiger partial charge is 0.331 e. The number of anilines is 2. The number of nitrogens with zero attached hydrogens (tertiary/aromatic N) is 9. The molecule has 1 aliphatic heterocycles. The van der Waals surface area contributed by atoms with Crippen molar-refractivity contribution in [3.8, 4) is 11.9 Å². The number of pyridine rings is 1. The number of hydrogen-bond donors (Lipinski definition) is 1. The van der Waals surface area contributed by atoms with Gasteiger partial charge in [0.05, 0.1) is 11.4 Å². The summed E-state index contributed by atoms with van der Waals surface area (Å²) >= 11 is 0. The van der Waals surface area contributed by atoms with Gasteiger partial charge in [0.25, 0.3) is 0 Å². The molecule has 5 heterocycles. The van der Waals surface area contributed by atoms with Crippen LogP contribution in [0.25, 0.3) is 5.65 Å². The van der Waals surface area contributed by atoms with E-state index >= 15 is 0 Å². The first kappa shape index (κ1) is 30.5. The van der Waals surface area contributed by atoms with Crippen LogP contribution in [0.1, 0.15) is 53.9 Å². The highest BCUT2D eigenvalue weighted by Gasteiger charge is 2.46. The molecule has 7 rings (SSSR count). The van der Waals surface area contributed by atoms with Gasteiger partial charge < -0.3 is 24.1 Å². The van der Waals surface area contributed by atoms with Gasteiger partial charge in [-0.1, -0.05) is 0 Å². The highest BCUT2D eigenvalue weighted by Crippen LogP contribution is 2.46. The third-order valence-corrected chi connectivity index (χ3v) is 8.47. The summed E-state index contributed by atoms with van der Waals surface area (Å²) in [6.45, 7) is 2.89. The van der Waals surface area contributed by atoms with Crippen LogP contribution in [0.4, 0.5) is 16.3 Å². The number of nitrogens with one attached hydrogen (secondary N) is 1. The largest absolute Gasteiger partial charge is 0.471 e. The van der Waals surface area contributed by atoms with Crippen molar-refractivity contribution in [1.82, 2.24) is 39.1 Å². The summed E-state index contributed by atoms with van der Waals surface area (Å²) in [5.74, 6) is 0.766. The summed E-state index contributed by atoms with van der Waals surface area (Å²) in [5, 5.41) is 2.89. The molecule has 47 heavy (non-hydrogen) atoms. The number of aromatic nitrogens is 6. The van der Waals surface area contributed by atoms with Crippen LogP contribution in [0.15, 0.2) is 36.8 Å². The number of fused-ring (bicyclic) bond motifs is 1. The number of amides is 4. The van der Waals surface area contributed by atoms with Crippen molar-refractivity contribution in [2.24, 2.45) is 5.92 Å². The molecule has 4 aromatic heterocycles. The molecule has 1 saturated heterocycles. The fraction of sp³-hybridized carbons (Fsp3) is 0.438. The third-order valence-electron chi connectivity index (χ3n) is 8.47. The Balaban J connectivity index is 1.10. The molecule has 3 fully saturated rings. The van der Waals surface area contributed by atoms with Crippen LogP contribution in [0.2, 0.25) is 0 Å². The van der Waals surface area contributed by atoms with Crippen LogP contribution >= 0.6 is 0 Å². The van der Waals surface area contributed by atoms with E-state index in [0.29, 0.717) is 48.3 Å². The Morgan fingerprint density at radius 1 is 1.09 bits per heavy atom. The van der Waals surface area contributed by atoms with Crippen molar-refractivity contribution in [1.29, 1.82) is 0 Å². The molecule has 0 radical (unpaired) electrons. The molecule has 0 aromatic carbocycles. The topological polar surface area (TPSA) is 160 Å². The van der Waals surface area contributed by atoms with Crippen molar-refractivity contribution < 1.29 is 23.9 Å². The Kier molecular flexibility index (Phi) is 7.91. The molecule has 0 spiro atoms. The van der Waals surface area contributed by atoms with Gasteiger partial charge in [-0.3, -0.25) is 19.4 Å². The SMILES string of the molecule is Cc1ccnc([C@H]2C[C@@H]2C(=O)Nc2cc(OCc3cn4cc(C5CC5)cc(N5CC(=O)N(C)C5=O)c4n3)nc(OCCN(C)C)n2)n1. The Morgan fingerprint density at radius 3 is 2.64 bits per heavy atom. The third kappa shape index (κ3) is 6.56. The fourth-order valence-electron chi connectivity index (χ4n) is 5.56. The predicted octanol–water partition coefficient (Wildman–Crippen LogP) is 2.76. The number of hydrogen-bond acceptors (Lipinski definition) is 11. The lowest BCUT2D eigenvalue weighted by molar-refractivity contribution is -0.124. The average Bonchev–Trinajstić information content (AvgIpc) is 3.97. The van der Waals surface area contributed by atoms with E-state index in [1.807, 2.05) is 54.8 Å². The van der Waals surface area contributed by atoms with Crippen molar-refractivity contribution in [3.63, 3.8) is 0 Å². The zero-order chi connectivity index (χ0) is 32.8. The van der Waals surface area contributed by atoms with Crippen LogP contribution in [0.5, 0.6) is 11.9 Å². The average molecular weight is 641 g/mol. The number of aryl methyl sites for hydroxylation is 1. The van der Waals surface area contributed by atoms with Crippen molar-refractivity contribution >= 4 is 35.0 Å². The minimum Gasteiger partial charge on any atom is -0.471 e. The normalized spacial score (nSPS) is 19.2.